The van der Waals surface area contributed by atoms with Crippen LogP contribution in [0.4, 0.5) is 0 Å². The molecule has 0 spiro atoms. The predicted molar refractivity (Wildman–Crippen MR) is 53.6 cm³/mol. The van der Waals surface area contributed by atoms with E-state index in [9.17, 15) is 0 Å². The normalized spacial score (nSPS) is 23.8. The van der Waals surface area contributed by atoms with Gasteiger partial charge in [0.1, 0.15) is 0 Å². The van der Waals surface area contributed by atoms with Crippen LogP contribution in [-0.2, 0) is 0 Å². The molecule has 1 nitrogen and oxygen atoms in total. The Bertz CT molecular complexity index is 279. The number of allylic oxidation sites excluding steroid dienone is 2. The average Bonchev–Trinajstić information content (AvgIpc) is 2.56. The first kappa shape index (κ1) is 8.27. The van der Waals surface area contributed by atoms with E-state index in [4.69, 9.17) is 11.6 Å². The smallest absolute Gasteiger partial charge is 0.0797 e. The Hall–Kier alpha value is -0.340. The van der Waals surface area contributed by atoms with Crippen molar-refractivity contribution in [2.45, 2.75) is 24.6 Å². The van der Waals surface area contributed by atoms with Gasteiger partial charge in [-0.1, -0.05) is 6.08 Å². The fraction of sp³-hybridized carbons (Fsp3) is 0.444. The Labute approximate surface area is 81.2 Å². The Morgan fingerprint density at radius 3 is 3.17 bits per heavy atom. The maximum atomic E-state index is 6.03. The van der Waals surface area contributed by atoms with Crippen LogP contribution in [0.3, 0.4) is 0 Å². The van der Waals surface area contributed by atoms with Crippen LogP contribution in [0.2, 0.25) is 0 Å². The number of hydrogen-bond acceptors (Lipinski definition) is 2. The fourth-order valence-corrected chi connectivity index (χ4v) is 2.31. The molecule has 0 saturated carbocycles. The third-order valence-electron chi connectivity index (χ3n) is 2.07. The topological polar surface area (TPSA) is 12.9 Å². The van der Waals surface area contributed by atoms with Crippen molar-refractivity contribution >= 4 is 28.7 Å². The molecule has 0 N–H and O–H groups in total. The first-order valence-electron chi connectivity index (χ1n) is 4.12. The summed E-state index contributed by atoms with van der Waals surface area (Å²) < 4.78 is 4.29. The number of rotatable bonds is 1. The standard InChI is InChI=1S/C9H10ClNS/c10-8-3-1-2-7(6-8)9-4-5-12-11-9/h4-6,8H,1-3H2. The lowest BCUT2D eigenvalue weighted by Gasteiger charge is -2.14. The lowest BCUT2D eigenvalue weighted by molar-refractivity contribution is 0.746. The molecule has 0 radical (unpaired) electrons. The van der Waals surface area contributed by atoms with Gasteiger partial charge in [-0.25, -0.2) is 0 Å². The van der Waals surface area contributed by atoms with Gasteiger partial charge in [-0.05, 0) is 42.4 Å². The van der Waals surface area contributed by atoms with Gasteiger partial charge >= 0.3 is 0 Å². The zero-order chi connectivity index (χ0) is 8.39. The van der Waals surface area contributed by atoms with Gasteiger partial charge in [0.25, 0.3) is 0 Å². The number of nitrogens with zero attached hydrogens (tertiary/aromatic N) is 1. The lowest BCUT2D eigenvalue weighted by Crippen LogP contribution is -2.02. The number of aromatic nitrogens is 1. The Morgan fingerprint density at radius 1 is 1.58 bits per heavy atom. The van der Waals surface area contributed by atoms with E-state index in [1.807, 2.05) is 5.38 Å². The van der Waals surface area contributed by atoms with Gasteiger partial charge in [-0.3, -0.25) is 0 Å². The summed E-state index contributed by atoms with van der Waals surface area (Å²) in [5, 5.41) is 2.23. The fourth-order valence-electron chi connectivity index (χ4n) is 1.46. The van der Waals surface area contributed by atoms with Crippen molar-refractivity contribution in [3.05, 3.63) is 23.2 Å². The largest absolute Gasteiger partial charge is 0.193 e. The van der Waals surface area contributed by atoms with Crippen molar-refractivity contribution < 1.29 is 0 Å². The highest BCUT2D eigenvalue weighted by atomic mass is 35.5. The predicted octanol–water partition coefficient (Wildman–Crippen LogP) is 3.32. The minimum atomic E-state index is 0.218. The van der Waals surface area contributed by atoms with E-state index in [0.717, 1.165) is 18.5 Å². The third-order valence-corrected chi connectivity index (χ3v) is 2.98. The molecule has 1 atom stereocenters. The molecule has 0 aromatic carbocycles. The SMILES string of the molecule is ClC1C=C(c2ccsn2)CCC1. The maximum Gasteiger partial charge on any atom is 0.0797 e. The van der Waals surface area contributed by atoms with E-state index in [1.54, 1.807) is 0 Å². The average molecular weight is 200 g/mol. The van der Waals surface area contributed by atoms with Gasteiger partial charge in [-0.15, -0.1) is 11.6 Å². The monoisotopic (exact) mass is 199 g/mol. The number of halogens is 1. The molecule has 12 heavy (non-hydrogen) atoms. The molecule has 2 rings (SSSR count). The van der Waals surface area contributed by atoms with Gasteiger partial charge in [0.15, 0.2) is 0 Å². The molecule has 1 aliphatic carbocycles. The molecule has 0 fully saturated rings. The van der Waals surface area contributed by atoms with Crippen molar-refractivity contribution in [1.82, 2.24) is 4.37 Å². The van der Waals surface area contributed by atoms with Crippen molar-refractivity contribution in [2.24, 2.45) is 0 Å². The van der Waals surface area contributed by atoms with Crippen molar-refractivity contribution in [3.8, 4) is 0 Å². The molecule has 0 saturated heterocycles. The Balaban J connectivity index is 2.23. The van der Waals surface area contributed by atoms with Crippen LogP contribution >= 0.6 is 23.1 Å². The highest BCUT2D eigenvalue weighted by Gasteiger charge is 2.13. The summed E-state index contributed by atoms with van der Waals surface area (Å²) in [7, 11) is 0. The summed E-state index contributed by atoms with van der Waals surface area (Å²) in [6.07, 6.45) is 5.57. The second-order valence-electron chi connectivity index (χ2n) is 2.98. The molecule has 0 aliphatic heterocycles. The van der Waals surface area contributed by atoms with E-state index in [0.29, 0.717) is 0 Å². The molecule has 0 bridgehead atoms. The van der Waals surface area contributed by atoms with Gasteiger partial charge in [-0.2, -0.15) is 4.37 Å². The highest BCUT2D eigenvalue weighted by molar-refractivity contribution is 7.03. The minimum absolute atomic E-state index is 0.218. The summed E-state index contributed by atoms with van der Waals surface area (Å²) >= 11 is 7.53. The molecule has 3 heteroatoms. The number of hydrogen-bond donors (Lipinski definition) is 0. The Morgan fingerprint density at radius 2 is 2.50 bits per heavy atom. The van der Waals surface area contributed by atoms with Crippen LogP contribution in [0, 0.1) is 0 Å². The summed E-state index contributed by atoms with van der Waals surface area (Å²) in [4.78, 5) is 0. The summed E-state index contributed by atoms with van der Waals surface area (Å²) in [6.45, 7) is 0. The van der Waals surface area contributed by atoms with Crippen LogP contribution in [-0.4, -0.2) is 9.75 Å². The second kappa shape index (κ2) is 3.58. The first-order chi connectivity index (χ1) is 5.86. The van der Waals surface area contributed by atoms with Crippen molar-refractivity contribution in [2.75, 3.05) is 0 Å². The molecule has 1 heterocycles. The molecule has 1 unspecified atom stereocenters. The summed E-state index contributed by atoms with van der Waals surface area (Å²) in [6, 6.07) is 2.06. The highest BCUT2D eigenvalue weighted by Crippen LogP contribution is 2.28. The van der Waals surface area contributed by atoms with E-state index < -0.39 is 0 Å². The van der Waals surface area contributed by atoms with Gasteiger partial charge in [0, 0.05) is 5.38 Å². The van der Waals surface area contributed by atoms with Crippen LogP contribution < -0.4 is 0 Å². The maximum absolute atomic E-state index is 6.03. The van der Waals surface area contributed by atoms with Gasteiger partial charge in [0.05, 0.1) is 11.1 Å². The zero-order valence-corrected chi connectivity index (χ0v) is 8.24. The minimum Gasteiger partial charge on any atom is -0.193 e. The molecule has 1 aromatic heterocycles. The van der Waals surface area contributed by atoms with E-state index in [1.165, 1.54) is 23.5 Å². The second-order valence-corrected chi connectivity index (χ2v) is 4.21. The van der Waals surface area contributed by atoms with E-state index >= 15 is 0 Å². The number of alkyl halides is 1. The van der Waals surface area contributed by atoms with Gasteiger partial charge < -0.3 is 0 Å². The van der Waals surface area contributed by atoms with Crippen LogP contribution in [0.25, 0.3) is 5.57 Å². The quantitative estimate of drug-likeness (QED) is 0.633. The van der Waals surface area contributed by atoms with Crippen LogP contribution in [0.5, 0.6) is 0 Å². The Kier molecular flexibility index (Phi) is 2.47. The van der Waals surface area contributed by atoms with Gasteiger partial charge in [0.2, 0.25) is 0 Å². The molecular weight excluding hydrogens is 190 g/mol. The van der Waals surface area contributed by atoms with Crippen LogP contribution in [0.1, 0.15) is 25.0 Å². The van der Waals surface area contributed by atoms with Crippen molar-refractivity contribution in [1.29, 1.82) is 0 Å². The third kappa shape index (κ3) is 1.70. The molecule has 1 aliphatic rings. The summed E-state index contributed by atoms with van der Waals surface area (Å²) in [5.74, 6) is 0. The first-order valence-corrected chi connectivity index (χ1v) is 5.39. The summed E-state index contributed by atoms with van der Waals surface area (Å²) in [5.41, 5.74) is 2.44. The molecule has 0 amide bonds. The molecule has 1 aromatic rings. The van der Waals surface area contributed by atoms with E-state index in [-0.39, 0.29) is 5.38 Å². The zero-order valence-electron chi connectivity index (χ0n) is 6.66. The lowest BCUT2D eigenvalue weighted by atomic mass is 9.97. The van der Waals surface area contributed by atoms with Crippen molar-refractivity contribution in [3.63, 3.8) is 0 Å². The molecule has 64 valence electrons. The van der Waals surface area contributed by atoms with E-state index in [2.05, 4.69) is 16.5 Å². The van der Waals surface area contributed by atoms with Crippen LogP contribution in [0.15, 0.2) is 17.5 Å². The molecular formula is C9H10ClNS.